The minimum atomic E-state index is 0.456. The number of hydrogen-bond acceptors (Lipinski definition) is 2. The Hall–Kier alpha value is -1.55. The second kappa shape index (κ2) is 10.2. The molecule has 1 aromatic rings. The zero-order chi connectivity index (χ0) is 15.5. The molecule has 4 heteroatoms. The minimum absolute atomic E-state index is 0.456. The Morgan fingerprint density at radius 1 is 1.29 bits per heavy atom. The Labute approximate surface area is 129 Å². The molecule has 2 N–H and O–H groups in total. The van der Waals surface area contributed by atoms with Crippen molar-refractivity contribution in [1.82, 2.24) is 15.5 Å². The second-order valence-corrected chi connectivity index (χ2v) is 5.53. The molecule has 1 unspecified atom stereocenters. The van der Waals surface area contributed by atoms with Crippen molar-refractivity contribution in [1.29, 1.82) is 0 Å². The van der Waals surface area contributed by atoms with Gasteiger partial charge in [-0.25, -0.2) is 0 Å². The van der Waals surface area contributed by atoms with Crippen LogP contribution in [0.2, 0.25) is 0 Å². The molecular weight excluding hydrogens is 260 g/mol. The van der Waals surface area contributed by atoms with E-state index in [9.17, 15) is 0 Å². The number of benzene rings is 1. The topological polar surface area (TPSA) is 39.7 Å². The predicted molar refractivity (Wildman–Crippen MR) is 91.6 cm³/mol. The van der Waals surface area contributed by atoms with Crippen LogP contribution in [-0.4, -0.2) is 44.1 Å². The predicted octanol–water partition coefficient (Wildman–Crippen LogP) is 2.47. The molecule has 0 aliphatic carbocycles. The first-order valence-electron chi connectivity index (χ1n) is 7.85. The average Bonchev–Trinajstić information content (AvgIpc) is 2.51. The third kappa shape index (κ3) is 7.71. The lowest BCUT2D eigenvalue weighted by molar-refractivity contribution is 0.322. The standard InChI is InChI=1S/C17H30N4/c1-5-15(2)20-17(18-3)19-12-9-13-21(4)14-16-10-7-6-8-11-16/h6-8,10-11,15H,5,9,12-14H2,1-4H3,(H2,18,19,20). The maximum Gasteiger partial charge on any atom is 0.191 e. The summed E-state index contributed by atoms with van der Waals surface area (Å²) in [5.41, 5.74) is 1.36. The molecule has 0 spiro atoms. The zero-order valence-corrected chi connectivity index (χ0v) is 13.9. The highest BCUT2D eigenvalue weighted by molar-refractivity contribution is 5.79. The number of nitrogens with one attached hydrogen (secondary N) is 2. The largest absolute Gasteiger partial charge is 0.356 e. The van der Waals surface area contributed by atoms with E-state index < -0.39 is 0 Å². The minimum Gasteiger partial charge on any atom is -0.356 e. The fourth-order valence-electron chi connectivity index (χ4n) is 2.06. The summed E-state index contributed by atoms with van der Waals surface area (Å²) in [5, 5.41) is 6.74. The van der Waals surface area contributed by atoms with Gasteiger partial charge >= 0.3 is 0 Å². The lowest BCUT2D eigenvalue weighted by atomic mass is 10.2. The first-order chi connectivity index (χ1) is 10.2. The monoisotopic (exact) mass is 290 g/mol. The molecule has 0 aliphatic heterocycles. The average molecular weight is 290 g/mol. The van der Waals surface area contributed by atoms with Gasteiger partial charge in [0, 0.05) is 26.2 Å². The molecule has 1 rings (SSSR count). The number of hydrogen-bond donors (Lipinski definition) is 2. The number of nitrogens with zero attached hydrogens (tertiary/aromatic N) is 2. The van der Waals surface area contributed by atoms with Crippen LogP contribution < -0.4 is 10.6 Å². The second-order valence-electron chi connectivity index (χ2n) is 5.53. The molecule has 0 aliphatic rings. The van der Waals surface area contributed by atoms with Crippen molar-refractivity contribution in [2.45, 2.75) is 39.3 Å². The first-order valence-corrected chi connectivity index (χ1v) is 7.85. The van der Waals surface area contributed by atoms with E-state index in [-0.39, 0.29) is 0 Å². The summed E-state index contributed by atoms with van der Waals surface area (Å²) in [7, 11) is 3.98. The Kier molecular flexibility index (Phi) is 8.51. The summed E-state index contributed by atoms with van der Waals surface area (Å²) in [5.74, 6) is 0.898. The van der Waals surface area contributed by atoms with E-state index in [0.29, 0.717) is 6.04 Å². The van der Waals surface area contributed by atoms with E-state index in [1.807, 2.05) is 7.05 Å². The molecule has 4 nitrogen and oxygen atoms in total. The van der Waals surface area contributed by atoms with Gasteiger partial charge in [0.25, 0.3) is 0 Å². The van der Waals surface area contributed by atoms with Gasteiger partial charge < -0.3 is 15.5 Å². The maximum atomic E-state index is 4.24. The Morgan fingerprint density at radius 2 is 2.00 bits per heavy atom. The summed E-state index contributed by atoms with van der Waals surface area (Å²) in [4.78, 5) is 6.59. The van der Waals surface area contributed by atoms with Gasteiger partial charge in [0.1, 0.15) is 0 Å². The van der Waals surface area contributed by atoms with Crippen LogP contribution in [0.5, 0.6) is 0 Å². The van der Waals surface area contributed by atoms with Gasteiger partial charge in [-0.15, -0.1) is 0 Å². The van der Waals surface area contributed by atoms with Gasteiger partial charge in [-0.05, 0) is 38.9 Å². The fourth-order valence-corrected chi connectivity index (χ4v) is 2.06. The van der Waals surface area contributed by atoms with Gasteiger partial charge in [0.15, 0.2) is 5.96 Å². The number of aliphatic imine (C=N–C) groups is 1. The highest BCUT2D eigenvalue weighted by atomic mass is 15.2. The van der Waals surface area contributed by atoms with E-state index in [4.69, 9.17) is 0 Å². The molecule has 0 saturated heterocycles. The lowest BCUT2D eigenvalue weighted by Crippen LogP contribution is -2.42. The zero-order valence-electron chi connectivity index (χ0n) is 13.9. The van der Waals surface area contributed by atoms with Crippen molar-refractivity contribution in [3.63, 3.8) is 0 Å². The molecule has 0 fully saturated rings. The van der Waals surface area contributed by atoms with Crippen LogP contribution in [0.15, 0.2) is 35.3 Å². The highest BCUT2D eigenvalue weighted by Crippen LogP contribution is 2.02. The molecule has 0 amide bonds. The highest BCUT2D eigenvalue weighted by Gasteiger charge is 2.03. The van der Waals surface area contributed by atoms with Gasteiger partial charge in [-0.3, -0.25) is 4.99 Å². The summed E-state index contributed by atoms with van der Waals surface area (Å²) in [6, 6.07) is 11.0. The fraction of sp³-hybridized carbons (Fsp3) is 0.588. The Bertz CT molecular complexity index is 403. The number of guanidine groups is 1. The van der Waals surface area contributed by atoms with Crippen LogP contribution in [0.3, 0.4) is 0 Å². The summed E-state index contributed by atoms with van der Waals surface area (Å²) in [6.45, 7) is 7.35. The number of rotatable bonds is 8. The Balaban J connectivity index is 2.18. The van der Waals surface area contributed by atoms with Crippen molar-refractivity contribution in [3.8, 4) is 0 Å². The molecule has 118 valence electrons. The molecule has 1 atom stereocenters. The molecule has 1 aromatic carbocycles. The van der Waals surface area contributed by atoms with Crippen LogP contribution in [0.25, 0.3) is 0 Å². The summed E-state index contributed by atoms with van der Waals surface area (Å²) >= 11 is 0. The third-order valence-corrected chi connectivity index (χ3v) is 3.52. The van der Waals surface area contributed by atoms with Crippen LogP contribution >= 0.6 is 0 Å². The van der Waals surface area contributed by atoms with E-state index in [1.165, 1.54) is 5.56 Å². The maximum absolute atomic E-state index is 4.24. The molecule has 0 radical (unpaired) electrons. The van der Waals surface area contributed by atoms with Crippen LogP contribution in [0.1, 0.15) is 32.3 Å². The van der Waals surface area contributed by atoms with Crippen LogP contribution in [0, 0.1) is 0 Å². The van der Waals surface area contributed by atoms with E-state index in [0.717, 1.165) is 38.4 Å². The summed E-state index contributed by atoms with van der Waals surface area (Å²) < 4.78 is 0. The van der Waals surface area contributed by atoms with E-state index in [1.54, 1.807) is 0 Å². The molecule has 0 saturated carbocycles. The van der Waals surface area contributed by atoms with Crippen molar-refractivity contribution in [2.24, 2.45) is 4.99 Å². The van der Waals surface area contributed by atoms with Crippen LogP contribution in [0.4, 0.5) is 0 Å². The molecular formula is C17H30N4. The molecule has 0 heterocycles. The van der Waals surface area contributed by atoms with Crippen molar-refractivity contribution >= 4 is 5.96 Å². The summed E-state index contributed by atoms with van der Waals surface area (Å²) in [6.07, 6.45) is 2.20. The lowest BCUT2D eigenvalue weighted by Gasteiger charge is -2.19. The van der Waals surface area contributed by atoms with Crippen LogP contribution in [-0.2, 0) is 6.54 Å². The first kappa shape index (κ1) is 17.5. The van der Waals surface area contributed by atoms with E-state index in [2.05, 4.69) is 71.8 Å². The van der Waals surface area contributed by atoms with Crippen molar-refractivity contribution in [2.75, 3.05) is 27.2 Å². The Morgan fingerprint density at radius 3 is 2.62 bits per heavy atom. The molecule has 0 bridgehead atoms. The smallest absolute Gasteiger partial charge is 0.191 e. The SMILES string of the molecule is CCC(C)NC(=NC)NCCCN(C)Cc1ccccc1. The third-order valence-electron chi connectivity index (χ3n) is 3.52. The normalized spacial score (nSPS) is 13.3. The van der Waals surface area contributed by atoms with Gasteiger partial charge in [0.05, 0.1) is 0 Å². The van der Waals surface area contributed by atoms with Crippen molar-refractivity contribution < 1.29 is 0 Å². The van der Waals surface area contributed by atoms with E-state index >= 15 is 0 Å². The molecule has 21 heavy (non-hydrogen) atoms. The molecule has 0 aromatic heterocycles. The quantitative estimate of drug-likeness (QED) is 0.439. The van der Waals surface area contributed by atoms with Gasteiger partial charge in [-0.2, -0.15) is 0 Å². The van der Waals surface area contributed by atoms with Crippen molar-refractivity contribution in [3.05, 3.63) is 35.9 Å². The van der Waals surface area contributed by atoms with Gasteiger partial charge in [-0.1, -0.05) is 37.3 Å². The van der Waals surface area contributed by atoms with Gasteiger partial charge in [0.2, 0.25) is 0 Å².